The Morgan fingerprint density at radius 1 is 0.850 bits per heavy atom. The molecule has 1 aromatic heterocycles. The fourth-order valence-corrected chi connectivity index (χ4v) is 4.70. The molecule has 0 aliphatic heterocycles. The zero-order chi connectivity index (χ0) is 28.8. The number of anilines is 2. The molecular weight excluding hydrogens is 500 g/mol. The number of pyridine rings is 1. The molecule has 40 heavy (non-hydrogen) atoms. The maximum atomic E-state index is 12.6. The van der Waals surface area contributed by atoms with Gasteiger partial charge in [0.2, 0.25) is 0 Å². The molecule has 216 valence electrons. The average molecular weight is 547 g/mol. The van der Waals surface area contributed by atoms with E-state index in [0.717, 1.165) is 48.0 Å². The van der Waals surface area contributed by atoms with Gasteiger partial charge in [-0.15, -0.1) is 0 Å². The van der Waals surface area contributed by atoms with Crippen molar-refractivity contribution in [3.8, 4) is 0 Å². The molecule has 0 unspecified atom stereocenters. The first-order valence-corrected chi connectivity index (χ1v) is 14.7. The second-order valence-electron chi connectivity index (χ2n) is 11.3. The number of aromatic nitrogens is 1. The molecule has 0 saturated heterocycles. The Hall–Kier alpha value is -3.61. The molecule has 7 heteroatoms. The highest BCUT2D eigenvalue weighted by Gasteiger charge is 2.16. The Morgan fingerprint density at radius 2 is 1.50 bits per heavy atom. The van der Waals surface area contributed by atoms with Crippen LogP contribution < -0.4 is 16.0 Å². The highest BCUT2D eigenvalue weighted by Crippen LogP contribution is 2.30. The lowest BCUT2D eigenvalue weighted by molar-refractivity contribution is 0.0526. The summed E-state index contributed by atoms with van der Waals surface area (Å²) in [6.07, 6.45) is 13.0. The van der Waals surface area contributed by atoms with E-state index in [2.05, 4.69) is 39.1 Å². The predicted octanol–water partition coefficient (Wildman–Crippen LogP) is 7.92. The lowest BCUT2D eigenvalue weighted by Crippen LogP contribution is -2.32. The summed E-state index contributed by atoms with van der Waals surface area (Å²) in [5.41, 5.74) is 3.95. The van der Waals surface area contributed by atoms with Crippen LogP contribution in [0.15, 0.2) is 54.7 Å². The zero-order valence-corrected chi connectivity index (χ0v) is 24.6. The SMILES string of the molecule is CNC(=O)c1cnc2ccc(CCCCCCCCCCCNC(=O)OC(C)(C)C)cc2c1Nc1ccccc1. The van der Waals surface area contributed by atoms with Gasteiger partial charge in [-0.1, -0.05) is 69.2 Å². The van der Waals surface area contributed by atoms with Crippen LogP contribution in [0.1, 0.15) is 94.5 Å². The number of carbonyl (C=O) groups is 2. The predicted molar refractivity (Wildman–Crippen MR) is 164 cm³/mol. The van der Waals surface area contributed by atoms with E-state index in [1.165, 1.54) is 44.1 Å². The number of carbonyl (C=O) groups excluding carboxylic acids is 2. The minimum Gasteiger partial charge on any atom is -0.444 e. The molecule has 0 bridgehead atoms. The van der Waals surface area contributed by atoms with Gasteiger partial charge >= 0.3 is 6.09 Å². The van der Waals surface area contributed by atoms with Gasteiger partial charge in [0.1, 0.15) is 5.60 Å². The van der Waals surface area contributed by atoms with E-state index in [4.69, 9.17) is 4.74 Å². The maximum Gasteiger partial charge on any atom is 0.407 e. The van der Waals surface area contributed by atoms with Gasteiger partial charge in [0.25, 0.3) is 5.91 Å². The fourth-order valence-electron chi connectivity index (χ4n) is 4.70. The summed E-state index contributed by atoms with van der Waals surface area (Å²) in [5, 5.41) is 9.98. The quantitative estimate of drug-likeness (QED) is 0.168. The van der Waals surface area contributed by atoms with Crippen molar-refractivity contribution in [2.24, 2.45) is 0 Å². The van der Waals surface area contributed by atoms with Crippen LogP contribution in [-0.2, 0) is 11.2 Å². The molecule has 0 radical (unpaired) electrons. The van der Waals surface area contributed by atoms with Crippen LogP contribution in [0.5, 0.6) is 0 Å². The van der Waals surface area contributed by atoms with Crippen molar-refractivity contribution in [1.29, 1.82) is 0 Å². The zero-order valence-electron chi connectivity index (χ0n) is 24.6. The third kappa shape index (κ3) is 10.5. The summed E-state index contributed by atoms with van der Waals surface area (Å²) in [6, 6.07) is 16.3. The van der Waals surface area contributed by atoms with E-state index in [-0.39, 0.29) is 12.0 Å². The van der Waals surface area contributed by atoms with E-state index >= 15 is 0 Å². The highest BCUT2D eigenvalue weighted by molar-refractivity contribution is 6.08. The van der Waals surface area contributed by atoms with Crippen LogP contribution in [0.3, 0.4) is 0 Å². The number of aryl methyl sites for hydroxylation is 1. The molecule has 0 aliphatic carbocycles. The van der Waals surface area contributed by atoms with E-state index in [1.54, 1.807) is 13.2 Å². The molecule has 0 atom stereocenters. The number of benzene rings is 2. The van der Waals surface area contributed by atoms with Gasteiger partial charge in [0.05, 0.1) is 16.8 Å². The van der Waals surface area contributed by atoms with Crippen LogP contribution in [0.25, 0.3) is 10.9 Å². The van der Waals surface area contributed by atoms with Crippen molar-refractivity contribution in [2.75, 3.05) is 18.9 Å². The molecule has 3 rings (SSSR count). The number of nitrogens with one attached hydrogen (secondary N) is 3. The van der Waals surface area contributed by atoms with Gasteiger partial charge in [0, 0.05) is 30.9 Å². The Kier molecular flexibility index (Phi) is 12.3. The van der Waals surface area contributed by atoms with Crippen LogP contribution in [0, 0.1) is 0 Å². The number of fused-ring (bicyclic) bond motifs is 1. The molecule has 0 aliphatic rings. The number of amides is 2. The first-order valence-electron chi connectivity index (χ1n) is 14.7. The van der Waals surface area contributed by atoms with Gasteiger partial charge in [-0.25, -0.2) is 4.79 Å². The second kappa shape index (κ2) is 15.8. The number of nitrogens with zero attached hydrogens (tertiary/aromatic N) is 1. The van der Waals surface area contributed by atoms with Gasteiger partial charge < -0.3 is 20.7 Å². The van der Waals surface area contributed by atoms with Gasteiger partial charge in [0.15, 0.2) is 0 Å². The molecule has 2 aromatic carbocycles. The first kappa shape index (κ1) is 30.9. The van der Waals surface area contributed by atoms with Crippen LogP contribution in [0.2, 0.25) is 0 Å². The molecule has 7 nitrogen and oxygen atoms in total. The number of hydrogen-bond donors (Lipinski definition) is 3. The normalized spacial score (nSPS) is 11.3. The number of ether oxygens (including phenoxy) is 1. The smallest absolute Gasteiger partial charge is 0.407 e. The summed E-state index contributed by atoms with van der Waals surface area (Å²) >= 11 is 0. The number of unbranched alkanes of at least 4 members (excludes halogenated alkanes) is 8. The first-order chi connectivity index (χ1) is 19.3. The molecule has 0 spiro atoms. The number of hydrogen-bond acceptors (Lipinski definition) is 5. The summed E-state index contributed by atoms with van der Waals surface area (Å²) in [4.78, 5) is 28.8. The molecule has 3 aromatic rings. The van der Waals surface area contributed by atoms with Crippen LogP contribution in [-0.4, -0.2) is 36.2 Å². The minimum atomic E-state index is -0.446. The lowest BCUT2D eigenvalue weighted by atomic mass is 10.0. The Morgan fingerprint density at radius 3 is 2.15 bits per heavy atom. The summed E-state index contributed by atoms with van der Waals surface area (Å²) in [6.45, 7) is 6.30. The van der Waals surface area contributed by atoms with E-state index < -0.39 is 5.60 Å². The molecule has 2 amide bonds. The van der Waals surface area contributed by atoms with E-state index in [9.17, 15) is 9.59 Å². The lowest BCUT2D eigenvalue weighted by Gasteiger charge is -2.19. The maximum absolute atomic E-state index is 12.6. The summed E-state index contributed by atoms with van der Waals surface area (Å²) in [5.74, 6) is -0.157. The third-order valence-electron chi connectivity index (χ3n) is 6.76. The van der Waals surface area contributed by atoms with Crippen molar-refractivity contribution < 1.29 is 14.3 Å². The van der Waals surface area contributed by atoms with Crippen LogP contribution in [0.4, 0.5) is 16.2 Å². The van der Waals surface area contributed by atoms with Gasteiger partial charge in [-0.3, -0.25) is 9.78 Å². The Balaban J connectivity index is 1.39. The second-order valence-corrected chi connectivity index (χ2v) is 11.3. The standard InChI is InChI=1S/C33H46N4O3/c1-33(2,3)40-32(39)35-22-16-11-9-7-5-6-8-10-13-17-25-20-21-29-27(23-25)30(28(24-36-29)31(38)34-4)37-26-18-14-12-15-19-26/h12,14-15,18-21,23-24H,5-11,13,16-17,22H2,1-4H3,(H,34,38)(H,35,39)(H,36,37). The molecule has 0 fully saturated rings. The molecular formula is C33H46N4O3. The van der Waals surface area contributed by atoms with E-state index in [1.807, 2.05) is 51.1 Å². The summed E-state index contributed by atoms with van der Waals surface area (Å²) in [7, 11) is 1.64. The molecule has 0 saturated carbocycles. The van der Waals surface area contributed by atoms with E-state index in [0.29, 0.717) is 12.1 Å². The van der Waals surface area contributed by atoms with Crippen molar-refractivity contribution in [2.45, 2.75) is 90.6 Å². The molecule has 3 N–H and O–H groups in total. The van der Waals surface area contributed by atoms with Crippen molar-refractivity contribution in [1.82, 2.24) is 15.6 Å². The van der Waals surface area contributed by atoms with Crippen molar-refractivity contribution in [3.63, 3.8) is 0 Å². The summed E-state index contributed by atoms with van der Waals surface area (Å²) < 4.78 is 5.25. The number of rotatable bonds is 15. The largest absolute Gasteiger partial charge is 0.444 e. The fraction of sp³-hybridized carbons (Fsp3) is 0.485. The molecule has 1 heterocycles. The number of para-hydroxylation sites is 1. The van der Waals surface area contributed by atoms with Crippen molar-refractivity contribution >= 4 is 34.3 Å². The topological polar surface area (TPSA) is 92.4 Å². The van der Waals surface area contributed by atoms with Crippen molar-refractivity contribution in [3.05, 3.63) is 65.9 Å². The number of alkyl carbamates (subject to hydrolysis) is 1. The van der Waals surface area contributed by atoms with Gasteiger partial charge in [-0.05, 0) is 69.9 Å². The van der Waals surface area contributed by atoms with Gasteiger partial charge in [-0.2, -0.15) is 0 Å². The monoisotopic (exact) mass is 546 g/mol. The Bertz CT molecular complexity index is 1220. The Labute approximate surface area is 239 Å². The minimum absolute atomic E-state index is 0.157. The highest BCUT2D eigenvalue weighted by atomic mass is 16.6. The third-order valence-corrected chi connectivity index (χ3v) is 6.76. The average Bonchev–Trinajstić information content (AvgIpc) is 2.93. The van der Waals surface area contributed by atoms with Crippen LogP contribution >= 0.6 is 0 Å².